The molecule has 0 aliphatic carbocycles. The Labute approximate surface area is 140 Å². The molecule has 3 saturated heterocycles. The molecule has 3 aliphatic heterocycles. The fourth-order valence-corrected chi connectivity index (χ4v) is 5.16. The lowest BCUT2D eigenvalue weighted by Gasteiger charge is -2.33. The van der Waals surface area contributed by atoms with Gasteiger partial charge in [-0.3, -0.25) is 9.69 Å². The third-order valence-corrected chi connectivity index (χ3v) is 6.28. The zero-order valence-corrected chi connectivity index (χ0v) is 13.7. The molecule has 1 amide bonds. The number of nitrogens with one attached hydrogen (secondary N) is 1. The van der Waals surface area contributed by atoms with Gasteiger partial charge in [0.15, 0.2) is 0 Å². The van der Waals surface area contributed by atoms with Gasteiger partial charge >= 0.3 is 0 Å². The fraction of sp³-hybridized carbons (Fsp3) is 0.526. The summed E-state index contributed by atoms with van der Waals surface area (Å²) >= 11 is 0. The maximum Gasteiger partial charge on any atom is 0.256 e. The molecule has 24 heavy (non-hydrogen) atoms. The van der Waals surface area contributed by atoms with Crippen molar-refractivity contribution in [3.63, 3.8) is 0 Å². The lowest BCUT2D eigenvalue weighted by Crippen LogP contribution is -2.40. The predicted octanol–water partition coefficient (Wildman–Crippen LogP) is 2.86. The van der Waals surface area contributed by atoms with Crippen LogP contribution in [0.3, 0.4) is 0 Å². The lowest BCUT2D eigenvalue weighted by atomic mass is 9.90. The number of likely N-dealkylation sites (tertiary alicyclic amines) is 1. The van der Waals surface area contributed by atoms with E-state index < -0.39 is 0 Å². The lowest BCUT2D eigenvalue weighted by molar-refractivity contribution is 0.0755. The Morgan fingerprint density at radius 2 is 2.12 bits per heavy atom. The molecule has 5 rings (SSSR count). The first kappa shape index (κ1) is 14.5. The minimum atomic E-state index is -0.299. The molecule has 3 fully saturated rings. The van der Waals surface area contributed by atoms with Gasteiger partial charge in [-0.2, -0.15) is 0 Å². The number of fused-ring (bicyclic) bond motifs is 4. The quantitative estimate of drug-likeness (QED) is 0.875. The smallest absolute Gasteiger partial charge is 0.256 e. The molecule has 2 aromatic rings. The predicted molar refractivity (Wildman–Crippen MR) is 90.4 cm³/mol. The summed E-state index contributed by atoms with van der Waals surface area (Å²) in [4.78, 5) is 20.7. The van der Waals surface area contributed by atoms with Gasteiger partial charge in [0.05, 0.1) is 5.56 Å². The molecule has 4 nitrogen and oxygen atoms in total. The van der Waals surface area contributed by atoms with Crippen molar-refractivity contribution < 1.29 is 9.18 Å². The molecule has 0 saturated carbocycles. The van der Waals surface area contributed by atoms with Gasteiger partial charge in [-0.15, -0.1) is 0 Å². The standard InChI is InChI=1S/C19H22FN3O/c20-13-4-5-17-14(7-13)15(8-21-17)19(24)23-10-12-9-22-6-2-1-3-18(22)16(12)11-23/h4-5,7-8,12,16,18,21H,1-3,6,9-11H2. The molecule has 1 N–H and O–H groups in total. The number of aromatic amines is 1. The minimum absolute atomic E-state index is 0.0450. The number of piperidine rings is 1. The molecule has 1 aromatic heterocycles. The van der Waals surface area contributed by atoms with Crippen LogP contribution in [-0.4, -0.2) is 52.9 Å². The van der Waals surface area contributed by atoms with Gasteiger partial charge in [0.2, 0.25) is 0 Å². The summed E-state index contributed by atoms with van der Waals surface area (Å²) in [5, 5.41) is 0.691. The molecular weight excluding hydrogens is 305 g/mol. The van der Waals surface area contributed by atoms with Gasteiger partial charge in [0.1, 0.15) is 5.82 Å². The Morgan fingerprint density at radius 1 is 1.21 bits per heavy atom. The zero-order chi connectivity index (χ0) is 16.3. The first-order valence-corrected chi connectivity index (χ1v) is 9.00. The van der Waals surface area contributed by atoms with E-state index in [2.05, 4.69) is 9.88 Å². The number of carbonyl (C=O) groups is 1. The second-order valence-electron chi connectivity index (χ2n) is 7.58. The third kappa shape index (κ3) is 2.10. The van der Waals surface area contributed by atoms with Crippen LogP contribution in [0.25, 0.3) is 10.9 Å². The van der Waals surface area contributed by atoms with Crippen molar-refractivity contribution in [1.82, 2.24) is 14.8 Å². The molecular formula is C19H22FN3O. The highest BCUT2D eigenvalue weighted by molar-refractivity contribution is 6.06. The van der Waals surface area contributed by atoms with Crippen molar-refractivity contribution in [3.05, 3.63) is 35.8 Å². The van der Waals surface area contributed by atoms with Crippen LogP contribution < -0.4 is 0 Å². The van der Waals surface area contributed by atoms with Gasteiger partial charge in [-0.05, 0) is 49.4 Å². The molecule has 3 atom stereocenters. The Morgan fingerprint density at radius 3 is 3.04 bits per heavy atom. The molecule has 0 bridgehead atoms. The maximum atomic E-state index is 13.6. The van der Waals surface area contributed by atoms with Crippen LogP contribution in [0, 0.1) is 17.7 Å². The van der Waals surface area contributed by atoms with Crippen molar-refractivity contribution in [2.75, 3.05) is 26.2 Å². The summed E-state index contributed by atoms with van der Waals surface area (Å²) < 4.78 is 13.6. The molecule has 0 radical (unpaired) electrons. The van der Waals surface area contributed by atoms with Crippen molar-refractivity contribution in [2.24, 2.45) is 11.8 Å². The van der Waals surface area contributed by atoms with Crippen LogP contribution in [0.1, 0.15) is 29.6 Å². The summed E-state index contributed by atoms with van der Waals surface area (Å²) in [5.74, 6) is 0.978. The number of halogens is 1. The van der Waals surface area contributed by atoms with Crippen LogP contribution in [-0.2, 0) is 0 Å². The van der Waals surface area contributed by atoms with Gasteiger partial charge in [0.25, 0.3) is 5.91 Å². The molecule has 4 heterocycles. The van der Waals surface area contributed by atoms with Gasteiger partial charge in [0, 0.05) is 42.8 Å². The number of carbonyl (C=O) groups excluding carboxylic acids is 1. The summed E-state index contributed by atoms with van der Waals surface area (Å²) in [6.07, 6.45) is 5.65. The first-order chi connectivity index (χ1) is 11.7. The summed E-state index contributed by atoms with van der Waals surface area (Å²) in [6.45, 7) is 4.07. The largest absolute Gasteiger partial charge is 0.360 e. The number of H-pyrrole nitrogens is 1. The SMILES string of the molecule is O=C(c1c[nH]c2ccc(F)cc12)N1CC2CN3CCCCC3C2C1. The highest BCUT2D eigenvalue weighted by Gasteiger charge is 2.48. The second-order valence-corrected chi connectivity index (χ2v) is 7.58. The highest BCUT2D eigenvalue weighted by atomic mass is 19.1. The number of aromatic nitrogens is 1. The normalized spacial score (nSPS) is 29.9. The van der Waals surface area contributed by atoms with E-state index in [9.17, 15) is 9.18 Å². The van der Waals surface area contributed by atoms with E-state index in [4.69, 9.17) is 0 Å². The fourth-order valence-electron chi connectivity index (χ4n) is 5.16. The van der Waals surface area contributed by atoms with E-state index >= 15 is 0 Å². The Kier molecular flexibility index (Phi) is 3.20. The van der Waals surface area contributed by atoms with E-state index in [0.29, 0.717) is 28.8 Å². The van der Waals surface area contributed by atoms with Crippen LogP contribution in [0.15, 0.2) is 24.4 Å². The van der Waals surface area contributed by atoms with Crippen molar-refractivity contribution in [2.45, 2.75) is 25.3 Å². The van der Waals surface area contributed by atoms with Crippen LogP contribution in [0.4, 0.5) is 4.39 Å². The number of rotatable bonds is 1. The van der Waals surface area contributed by atoms with Gasteiger partial charge < -0.3 is 9.88 Å². The Bertz CT molecular complexity index is 801. The van der Waals surface area contributed by atoms with E-state index in [-0.39, 0.29) is 11.7 Å². The average molecular weight is 327 g/mol. The highest BCUT2D eigenvalue weighted by Crippen LogP contribution is 2.40. The average Bonchev–Trinajstić information content (AvgIpc) is 3.25. The summed E-state index contributed by atoms with van der Waals surface area (Å²) in [5.41, 5.74) is 1.42. The summed E-state index contributed by atoms with van der Waals surface area (Å²) in [7, 11) is 0. The number of hydrogen-bond acceptors (Lipinski definition) is 2. The van der Waals surface area contributed by atoms with Crippen LogP contribution in [0.2, 0.25) is 0 Å². The maximum absolute atomic E-state index is 13.6. The molecule has 3 unspecified atom stereocenters. The molecule has 0 spiro atoms. The molecule has 126 valence electrons. The second kappa shape index (κ2) is 5.31. The van der Waals surface area contributed by atoms with Crippen molar-refractivity contribution in [3.8, 4) is 0 Å². The molecule has 5 heteroatoms. The number of amides is 1. The molecule has 3 aliphatic rings. The van der Waals surface area contributed by atoms with Crippen LogP contribution >= 0.6 is 0 Å². The number of benzene rings is 1. The number of nitrogens with zero attached hydrogens (tertiary/aromatic N) is 2. The third-order valence-electron chi connectivity index (χ3n) is 6.28. The Hall–Kier alpha value is -1.88. The Balaban J connectivity index is 1.40. The van der Waals surface area contributed by atoms with E-state index in [1.165, 1.54) is 37.9 Å². The number of hydrogen-bond donors (Lipinski definition) is 1. The van der Waals surface area contributed by atoms with E-state index in [1.807, 2.05) is 4.90 Å². The van der Waals surface area contributed by atoms with Crippen LogP contribution in [0.5, 0.6) is 0 Å². The van der Waals surface area contributed by atoms with Crippen molar-refractivity contribution >= 4 is 16.8 Å². The monoisotopic (exact) mass is 327 g/mol. The summed E-state index contributed by atoms with van der Waals surface area (Å²) in [6, 6.07) is 5.24. The minimum Gasteiger partial charge on any atom is -0.360 e. The topological polar surface area (TPSA) is 39.3 Å². The zero-order valence-electron chi connectivity index (χ0n) is 13.7. The molecule has 1 aromatic carbocycles. The first-order valence-electron chi connectivity index (χ1n) is 9.00. The van der Waals surface area contributed by atoms with Gasteiger partial charge in [-0.25, -0.2) is 4.39 Å². The van der Waals surface area contributed by atoms with E-state index in [1.54, 1.807) is 12.3 Å². The van der Waals surface area contributed by atoms with Gasteiger partial charge in [-0.1, -0.05) is 6.42 Å². The van der Waals surface area contributed by atoms with E-state index in [0.717, 1.165) is 25.2 Å². The van der Waals surface area contributed by atoms with Crippen molar-refractivity contribution in [1.29, 1.82) is 0 Å².